The van der Waals surface area contributed by atoms with Crippen LogP contribution in [0.2, 0.25) is 0 Å². The number of carbonyl (C=O) groups is 2. The molecule has 0 aliphatic rings. The van der Waals surface area contributed by atoms with Crippen LogP contribution in [0.15, 0.2) is 77.6 Å². The maximum absolute atomic E-state index is 13.8. The SMILES string of the molecule is O=C(Nc1ccc(NC(=O)c2cc(=O)[nH]c3ccccc23)c(C(F)(F)F)c1)c1ccccc1F. The molecule has 3 aromatic carbocycles. The van der Waals surface area contributed by atoms with Gasteiger partial charge in [0.1, 0.15) is 5.82 Å². The van der Waals surface area contributed by atoms with E-state index in [1.165, 1.54) is 18.2 Å². The summed E-state index contributed by atoms with van der Waals surface area (Å²) >= 11 is 0. The predicted octanol–water partition coefficient (Wildman–Crippen LogP) is 5.19. The van der Waals surface area contributed by atoms with E-state index in [1.54, 1.807) is 24.3 Å². The molecule has 0 saturated heterocycles. The van der Waals surface area contributed by atoms with Gasteiger partial charge in [-0.15, -0.1) is 0 Å². The number of alkyl halides is 3. The van der Waals surface area contributed by atoms with Crippen LogP contribution in [0.25, 0.3) is 10.9 Å². The molecule has 0 aliphatic heterocycles. The zero-order valence-corrected chi connectivity index (χ0v) is 17.2. The van der Waals surface area contributed by atoms with Gasteiger partial charge in [-0.1, -0.05) is 30.3 Å². The second kappa shape index (κ2) is 8.81. The molecular formula is C24H15F4N3O3. The van der Waals surface area contributed by atoms with E-state index >= 15 is 0 Å². The van der Waals surface area contributed by atoms with Gasteiger partial charge in [0.05, 0.1) is 22.4 Å². The van der Waals surface area contributed by atoms with Gasteiger partial charge in [0.15, 0.2) is 0 Å². The third-order valence-corrected chi connectivity index (χ3v) is 4.94. The Morgan fingerprint density at radius 1 is 0.794 bits per heavy atom. The summed E-state index contributed by atoms with van der Waals surface area (Å²) in [7, 11) is 0. The summed E-state index contributed by atoms with van der Waals surface area (Å²) in [5.74, 6) is -2.68. The van der Waals surface area contributed by atoms with Gasteiger partial charge in [0.2, 0.25) is 5.56 Å². The molecule has 0 fully saturated rings. The van der Waals surface area contributed by atoms with Crippen molar-refractivity contribution < 1.29 is 27.2 Å². The maximum Gasteiger partial charge on any atom is 0.418 e. The molecule has 4 rings (SSSR count). The van der Waals surface area contributed by atoms with E-state index in [4.69, 9.17) is 0 Å². The Kier molecular flexibility index (Phi) is 5.89. The van der Waals surface area contributed by atoms with Crippen molar-refractivity contribution in [2.75, 3.05) is 10.6 Å². The molecule has 1 heterocycles. The third kappa shape index (κ3) is 4.65. The van der Waals surface area contributed by atoms with Gasteiger partial charge < -0.3 is 15.6 Å². The Morgan fingerprint density at radius 3 is 2.21 bits per heavy atom. The van der Waals surface area contributed by atoms with Crippen LogP contribution < -0.4 is 16.2 Å². The average Bonchev–Trinajstić information content (AvgIpc) is 2.79. The summed E-state index contributed by atoms with van der Waals surface area (Å²) in [6, 6.07) is 15.1. The van der Waals surface area contributed by atoms with E-state index in [9.17, 15) is 31.9 Å². The number of fused-ring (bicyclic) bond motifs is 1. The van der Waals surface area contributed by atoms with Crippen LogP contribution in [-0.4, -0.2) is 16.8 Å². The smallest absolute Gasteiger partial charge is 0.322 e. The number of halogens is 4. The lowest BCUT2D eigenvalue weighted by atomic mass is 10.1. The Balaban J connectivity index is 1.67. The molecule has 0 bridgehead atoms. The lowest BCUT2D eigenvalue weighted by molar-refractivity contribution is -0.136. The number of benzene rings is 3. The van der Waals surface area contributed by atoms with Crippen LogP contribution in [0.3, 0.4) is 0 Å². The fourth-order valence-corrected chi connectivity index (χ4v) is 3.39. The molecular weight excluding hydrogens is 454 g/mol. The Morgan fingerprint density at radius 2 is 1.47 bits per heavy atom. The molecule has 0 spiro atoms. The molecule has 0 atom stereocenters. The summed E-state index contributed by atoms with van der Waals surface area (Å²) in [5, 5.41) is 4.76. The summed E-state index contributed by atoms with van der Waals surface area (Å²) in [6.07, 6.45) is -4.89. The number of hydrogen-bond donors (Lipinski definition) is 3. The normalized spacial score (nSPS) is 11.3. The molecule has 3 N–H and O–H groups in total. The van der Waals surface area contributed by atoms with Gasteiger partial charge in [-0.3, -0.25) is 14.4 Å². The number of aromatic nitrogens is 1. The number of aromatic amines is 1. The van der Waals surface area contributed by atoms with Crippen molar-refractivity contribution >= 4 is 34.1 Å². The van der Waals surface area contributed by atoms with E-state index in [1.807, 2.05) is 0 Å². The first kappa shape index (κ1) is 22.7. The van der Waals surface area contributed by atoms with Gasteiger partial charge >= 0.3 is 6.18 Å². The van der Waals surface area contributed by atoms with Crippen LogP contribution in [0, 0.1) is 5.82 Å². The van der Waals surface area contributed by atoms with E-state index in [0.29, 0.717) is 17.0 Å². The number of para-hydroxylation sites is 1. The Hall–Kier alpha value is -4.47. The maximum atomic E-state index is 13.8. The molecule has 0 aliphatic carbocycles. The first-order chi connectivity index (χ1) is 16.1. The van der Waals surface area contributed by atoms with Crippen molar-refractivity contribution in [3.8, 4) is 0 Å². The predicted molar refractivity (Wildman–Crippen MR) is 118 cm³/mol. The largest absolute Gasteiger partial charge is 0.418 e. The quantitative estimate of drug-likeness (QED) is 0.359. The molecule has 0 unspecified atom stereocenters. The molecule has 10 heteroatoms. The average molecular weight is 469 g/mol. The zero-order valence-electron chi connectivity index (χ0n) is 17.2. The first-order valence-corrected chi connectivity index (χ1v) is 9.84. The number of pyridine rings is 1. The fraction of sp³-hybridized carbons (Fsp3) is 0.0417. The summed E-state index contributed by atoms with van der Waals surface area (Å²) < 4.78 is 55.0. The van der Waals surface area contributed by atoms with Crippen LogP contribution in [0.4, 0.5) is 28.9 Å². The van der Waals surface area contributed by atoms with E-state index < -0.39 is 40.6 Å². The third-order valence-electron chi connectivity index (χ3n) is 4.94. The Bertz CT molecular complexity index is 1480. The van der Waals surface area contributed by atoms with Gasteiger partial charge in [0, 0.05) is 22.7 Å². The highest BCUT2D eigenvalue weighted by atomic mass is 19.4. The van der Waals surface area contributed by atoms with Gasteiger partial charge in [0.25, 0.3) is 11.8 Å². The number of anilines is 2. The van der Waals surface area contributed by atoms with E-state index in [2.05, 4.69) is 15.6 Å². The standard InChI is InChI=1S/C24H15F4N3O3/c25-18-7-3-1-6-15(18)22(33)29-13-9-10-20(17(11-13)24(26,27)28)31-23(34)16-12-21(32)30-19-8-4-2-5-14(16)19/h1-12H,(H,29,33)(H,30,32)(H,31,34). The van der Waals surface area contributed by atoms with E-state index in [0.717, 1.165) is 24.3 Å². The number of carbonyl (C=O) groups excluding carboxylic acids is 2. The van der Waals surface area contributed by atoms with E-state index in [-0.39, 0.29) is 16.8 Å². The number of H-pyrrole nitrogens is 1. The zero-order chi connectivity index (χ0) is 24.5. The van der Waals surface area contributed by atoms with Crippen molar-refractivity contribution in [3.05, 3.63) is 106 Å². The summed E-state index contributed by atoms with van der Waals surface area (Å²) in [5.41, 5.74) is -2.75. The Labute approximate surface area is 189 Å². The molecule has 6 nitrogen and oxygen atoms in total. The van der Waals surface area contributed by atoms with Crippen LogP contribution in [0.5, 0.6) is 0 Å². The van der Waals surface area contributed by atoms with Crippen molar-refractivity contribution in [2.24, 2.45) is 0 Å². The minimum Gasteiger partial charge on any atom is -0.322 e. The van der Waals surface area contributed by atoms with Crippen LogP contribution in [-0.2, 0) is 6.18 Å². The van der Waals surface area contributed by atoms with Crippen LogP contribution >= 0.6 is 0 Å². The molecule has 2 amide bonds. The molecule has 1 aromatic heterocycles. The number of hydrogen-bond acceptors (Lipinski definition) is 3. The highest BCUT2D eigenvalue weighted by molar-refractivity contribution is 6.12. The van der Waals surface area contributed by atoms with Gasteiger partial charge in [-0.2, -0.15) is 13.2 Å². The lowest BCUT2D eigenvalue weighted by Crippen LogP contribution is -2.20. The topological polar surface area (TPSA) is 91.1 Å². The highest BCUT2D eigenvalue weighted by Gasteiger charge is 2.34. The molecule has 0 saturated carbocycles. The number of amides is 2. The second-order valence-corrected chi connectivity index (χ2v) is 7.24. The highest BCUT2D eigenvalue weighted by Crippen LogP contribution is 2.37. The first-order valence-electron chi connectivity index (χ1n) is 9.84. The molecule has 172 valence electrons. The number of rotatable bonds is 4. The lowest BCUT2D eigenvalue weighted by Gasteiger charge is -2.16. The molecule has 4 aromatic rings. The number of nitrogens with one attached hydrogen (secondary N) is 3. The molecule has 0 radical (unpaired) electrons. The fourth-order valence-electron chi connectivity index (χ4n) is 3.39. The second-order valence-electron chi connectivity index (χ2n) is 7.24. The minimum absolute atomic E-state index is 0.107. The van der Waals surface area contributed by atoms with Crippen molar-refractivity contribution in [2.45, 2.75) is 6.18 Å². The van der Waals surface area contributed by atoms with Crippen molar-refractivity contribution in [1.82, 2.24) is 4.98 Å². The van der Waals surface area contributed by atoms with Gasteiger partial charge in [-0.05, 0) is 36.4 Å². The van der Waals surface area contributed by atoms with Crippen LogP contribution in [0.1, 0.15) is 26.3 Å². The summed E-state index contributed by atoms with van der Waals surface area (Å²) in [6.45, 7) is 0. The van der Waals surface area contributed by atoms with Crippen molar-refractivity contribution in [3.63, 3.8) is 0 Å². The summed E-state index contributed by atoms with van der Waals surface area (Å²) in [4.78, 5) is 39.5. The van der Waals surface area contributed by atoms with Gasteiger partial charge in [-0.25, -0.2) is 4.39 Å². The monoisotopic (exact) mass is 469 g/mol. The van der Waals surface area contributed by atoms with Crippen molar-refractivity contribution in [1.29, 1.82) is 0 Å². The molecule has 34 heavy (non-hydrogen) atoms. The minimum atomic E-state index is -4.89.